The highest BCUT2D eigenvalue weighted by Crippen LogP contribution is 2.26. The van der Waals surface area contributed by atoms with Crippen molar-refractivity contribution in [3.63, 3.8) is 0 Å². The SMILES string of the molecule is COC1(C(=O)Nc2ccc(C(C)N3CCOCC3)cc2)CCNCC1.Cl.Cl. The second kappa shape index (κ2) is 11.2. The zero-order valence-electron chi connectivity index (χ0n) is 16.0. The van der Waals surface area contributed by atoms with Gasteiger partial charge in [0.1, 0.15) is 5.60 Å². The molecule has 154 valence electrons. The van der Waals surface area contributed by atoms with Gasteiger partial charge in [-0.2, -0.15) is 0 Å². The number of rotatable bonds is 5. The van der Waals surface area contributed by atoms with Gasteiger partial charge >= 0.3 is 0 Å². The van der Waals surface area contributed by atoms with Crippen LogP contribution >= 0.6 is 24.8 Å². The highest BCUT2D eigenvalue weighted by Gasteiger charge is 2.39. The van der Waals surface area contributed by atoms with Gasteiger partial charge in [0.2, 0.25) is 0 Å². The van der Waals surface area contributed by atoms with Gasteiger partial charge in [-0.05, 0) is 50.6 Å². The molecule has 0 spiro atoms. The number of hydrogen-bond donors (Lipinski definition) is 2. The predicted octanol–water partition coefficient (Wildman–Crippen LogP) is 2.63. The summed E-state index contributed by atoms with van der Waals surface area (Å²) in [6.07, 6.45) is 1.39. The molecular weight excluding hydrogens is 389 g/mol. The number of nitrogens with one attached hydrogen (secondary N) is 2. The quantitative estimate of drug-likeness (QED) is 0.767. The Labute approximate surface area is 174 Å². The fourth-order valence-electron chi connectivity index (χ4n) is 3.62. The van der Waals surface area contributed by atoms with Gasteiger partial charge in [0.05, 0.1) is 13.2 Å². The van der Waals surface area contributed by atoms with E-state index in [0.29, 0.717) is 18.9 Å². The van der Waals surface area contributed by atoms with Crippen LogP contribution in [-0.4, -0.2) is 62.9 Å². The fourth-order valence-corrected chi connectivity index (χ4v) is 3.62. The van der Waals surface area contributed by atoms with Crippen LogP contribution in [0.3, 0.4) is 0 Å². The number of carbonyl (C=O) groups excluding carboxylic acids is 1. The summed E-state index contributed by atoms with van der Waals surface area (Å²) in [7, 11) is 1.62. The highest BCUT2D eigenvalue weighted by atomic mass is 35.5. The number of hydrogen-bond acceptors (Lipinski definition) is 5. The van der Waals surface area contributed by atoms with Crippen molar-refractivity contribution in [3.05, 3.63) is 29.8 Å². The van der Waals surface area contributed by atoms with Gasteiger partial charge in [-0.1, -0.05) is 12.1 Å². The Kier molecular flexibility index (Phi) is 10.0. The molecule has 2 N–H and O–H groups in total. The molecule has 2 fully saturated rings. The van der Waals surface area contributed by atoms with E-state index in [0.717, 1.165) is 45.1 Å². The summed E-state index contributed by atoms with van der Waals surface area (Å²) in [5.74, 6) is -0.0505. The number of benzene rings is 1. The molecule has 0 aromatic heterocycles. The van der Waals surface area contributed by atoms with Gasteiger partial charge < -0.3 is 20.1 Å². The molecule has 1 atom stereocenters. The van der Waals surface area contributed by atoms with E-state index in [4.69, 9.17) is 9.47 Å². The van der Waals surface area contributed by atoms with Crippen LogP contribution in [0.4, 0.5) is 5.69 Å². The Balaban J connectivity index is 0.00000182. The maximum absolute atomic E-state index is 12.7. The Hall–Kier alpha value is -0.890. The van der Waals surface area contributed by atoms with Crippen molar-refractivity contribution < 1.29 is 14.3 Å². The van der Waals surface area contributed by atoms with Crippen LogP contribution in [0.1, 0.15) is 31.4 Å². The standard InChI is InChI=1S/C19H29N3O3.2ClH/c1-15(22-11-13-25-14-12-22)16-3-5-17(6-4-16)21-18(23)19(24-2)7-9-20-10-8-19;;/h3-6,15,20H,7-14H2,1-2H3,(H,21,23);2*1H. The molecule has 2 heterocycles. The van der Waals surface area contributed by atoms with Crippen molar-refractivity contribution in [2.45, 2.75) is 31.4 Å². The third-order valence-corrected chi connectivity index (χ3v) is 5.46. The van der Waals surface area contributed by atoms with E-state index in [2.05, 4.69) is 34.6 Å². The van der Waals surface area contributed by atoms with E-state index in [-0.39, 0.29) is 30.7 Å². The summed E-state index contributed by atoms with van der Waals surface area (Å²) in [5.41, 5.74) is 1.35. The van der Waals surface area contributed by atoms with Crippen molar-refractivity contribution >= 4 is 36.4 Å². The Morgan fingerprint density at radius 1 is 1.19 bits per heavy atom. The largest absolute Gasteiger partial charge is 0.379 e. The predicted molar refractivity (Wildman–Crippen MR) is 112 cm³/mol. The average Bonchev–Trinajstić information content (AvgIpc) is 2.69. The summed E-state index contributed by atoms with van der Waals surface area (Å²) in [6, 6.07) is 8.50. The molecule has 0 bridgehead atoms. The summed E-state index contributed by atoms with van der Waals surface area (Å²) >= 11 is 0. The van der Waals surface area contributed by atoms with Crippen molar-refractivity contribution in [3.8, 4) is 0 Å². The number of anilines is 1. The third-order valence-electron chi connectivity index (χ3n) is 5.46. The second-order valence-corrected chi connectivity index (χ2v) is 6.85. The van der Waals surface area contributed by atoms with E-state index in [9.17, 15) is 4.79 Å². The van der Waals surface area contributed by atoms with Crippen LogP contribution < -0.4 is 10.6 Å². The van der Waals surface area contributed by atoms with Gasteiger partial charge in [-0.15, -0.1) is 24.8 Å². The monoisotopic (exact) mass is 419 g/mol. The van der Waals surface area contributed by atoms with Gasteiger partial charge in [0, 0.05) is 31.9 Å². The van der Waals surface area contributed by atoms with E-state index in [1.54, 1.807) is 7.11 Å². The van der Waals surface area contributed by atoms with Crippen molar-refractivity contribution in [1.29, 1.82) is 0 Å². The smallest absolute Gasteiger partial charge is 0.256 e. The van der Waals surface area contributed by atoms with E-state index in [1.165, 1.54) is 5.56 Å². The van der Waals surface area contributed by atoms with Crippen LogP contribution in [0.2, 0.25) is 0 Å². The molecule has 8 heteroatoms. The zero-order chi connectivity index (χ0) is 17.7. The molecule has 0 radical (unpaired) electrons. The fraction of sp³-hybridized carbons (Fsp3) is 0.632. The first-order valence-corrected chi connectivity index (χ1v) is 9.14. The van der Waals surface area contributed by atoms with Gasteiger partial charge in [-0.3, -0.25) is 9.69 Å². The van der Waals surface area contributed by atoms with Gasteiger partial charge in [0.15, 0.2) is 0 Å². The molecule has 2 aliphatic heterocycles. The molecule has 6 nitrogen and oxygen atoms in total. The Morgan fingerprint density at radius 2 is 1.78 bits per heavy atom. The molecule has 2 aliphatic rings. The minimum atomic E-state index is -0.717. The third kappa shape index (κ3) is 5.79. The molecule has 1 amide bonds. The number of nitrogens with zero attached hydrogens (tertiary/aromatic N) is 1. The number of carbonyl (C=O) groups is 1. The number of morpholine rings is 1. The van der Waals surface area contributed by atoms with Crippen molar-refractivity contribution in [2.24, 2.45) is 0 Å². The molecule has 3 rings (SSSR count). The van der Waals surface area contributed by atoms with Crippen molar-refractivity contribution in [2.75, 3.05) is 51.8 Å². The van der Waals surface area contributed by atoms with Crippen LogP contribution in [0.5, 0.6) is 0 Å². The molecule has 2 saturated heterocycles. The molecule has 27 heavy (non-hydrogen) atoms. The summed E-state index contributed by atoms with van der Waals surface area (Å²) in [5, 5.41) is 6.29. The number of methoxy groups -OCH3 is 1. The molecule has 1 aromatic rings. The van der Waals surface area contributed by atoms with E-state index >= 15 is 0 Å². The van der Waals surface area contributed by atoms with Crippen LogP contribution in [0, 0.1) is 0 Å². The molecule has 0 aliphatic carbocycles. The van der Waals surface area contributed by atoms with E-state index in [1.807, 2.05) is 12.1 Å². The second-order valence-electron chi connectivity index (χ2n) is 6.85. The number of halogens is 2. The lowest BCUT2D eigenvalue weighted by molar-refractivity contribution is -0.140. The van der Waals surface area contributed by atoms with Crippen molar-refractivity contribution in [1.82, 2.24) is 10.2 Å². The topological polar surface area (TPSA) is 62.8 Å². The maximum Gasteiger partial charge on any atom is 0.256 e. The summed E-state index contributed by atoms with van der Waals surface area (Å²) in [6.45, 7) is 7.34. The lowest BCUT2D eigenvalue weighted by Crippen LogP contribution is -2.51. The minimum absolute atomic E-state index is 0. The lowest BCUT2D eigenvalue weighted by atomic mass is 9.91. The molecule has 1 unspecified atom stereocenters. The summed E-state index contributed by atoms with van der Waals surface area (Å²) in [4.78, 5) is 15.1. The maximum atomic E-state index is 12.7. The summed E-state index contributed by atoms with van der Waals surface area (Å²) < 4.78 is 11.0. The average molecular weight is 420 g/mol. The molecule has 1 aromatic carbocycles. The van der Waals surface area contributed by atoms with Crippen LogP contribution in [0.25, 0.3) is 0 Å². The number of piperidine rings is 1. The first-order chi connectivity index (χ1) is 12.1. The molecule has 0 saturated carbocycles. The Morgan fingerprint density at radius 3 is 2.33 bits per heavy atom. The van der Waals surface area contributed by atoms with E-state index < -0.39 is 5.60 Å². The first-order valence-electron chi connectivity index (χ1n) is 9.14. The van der Waals surface area contributed by atoms with Gasteiger partial charge in [0.25, 0.3) is 5.91 Å². The highest BCUT2D eigenvalue weighted by molar-refractivity contribution is 5.97. The normalized spacial score (nSPS) is 20.7. The Bertz CT molecular complexity index is 574. The number of ether oxygens (including phenoxy) is 2. The molecular formula is C19H31Cl2N3O3. The van der Waals surface area contributed by atoms with Gasteiger partial charge in [-0.25, -0.2) is 0 Å². The lowest BCUT2D eigenvalue weighted by Gasteiger charge is -2.35. The number of amides is 1. The first kappa shape index (κ1) is 24.1. The van der Waals surface area contributed by atoms with Crippen LogP contribution in [0.15, 0.2) is 24.3 Å². The minimum Gasteiger partial charge on any atom is -0.379 e. The van der Waals surface area contributed by atoms with Crippen LogP contribution in [-0.2, 0) is 14.3 Å². The zero-order valence-corrected chi connectivity index (χ0v) is 17.7.